The molecule has 16 heteroatoms. The van der Waals surface area contributed by atoms with Gasteiger partial charge in [-0.25, -0.2) is 18.2 Å². The zero-order valence-electron chi connectivity index (χ0n) is 28.8. The molecule has 3 heterocycles. The highest BCUT2D eigenvalue weighted by Crippen LogP contribution is 2.34. The molecular formula is C34H42F3N5O6S2. The first-order valence-corrected chi connectivity index (χ1v) is 18.4. The molecule has 1 fully saturated rings. The number of carbonyl (C=O) groups excluding carboxylic acids is 2. The molecule has 0 spiro atoms. The molecule has 0 radical (unpaired) electrons. The Morgan fingerprint density at radius 2 is 1.62 bits per heavy atom. The number of rotatable bonds is 7. The summed E-state index contributed by atoms with van der Waals surface area (Å²) in [7, 11) is -4.33. The first kappa shape index (κ1) is 37.4. The van der Waals surface area contributed by atoms with E-state index in [9.17, 15) is 31.2 Å². The highest BCUT2D eigenvalue weighted by molar-refractivity contribution is 7.89. The van der Waals surface area contributed by atoms with Crippen LogP contribution in [0.2, 0.25) is 0 Å². The van der Waals surface area contributed by atoms with Crippen LogP contribution in [0, 0.1) is 0 Å². The molecule has 1 unspecified atom stereocenters. The number of amides is 2. The van der Waals surface area contributed by atoms with E-state index in [2.05, 4.69) is 30.8 Å². The molecule has 2 aromatic carbocycles. The zero-order valence-corrected chi connectivity index (χ0v) is 30.5. The van der Waals surface area contributed by atoms with Gasteiger partial charge in [-0.1, -0.05) is 56.4 Å². The minimum absolute atomic E-state index is 0.0224. The fourth-order valence-electron chi connectivity index (χ4n) is 5.62. The lowest BCUT2D eigenvalue weighted by Gasteiger charge is -2.39. The third-order valence-electron chi connectivity index (χ3n) is 8.23. The summed E-state index contributed by atoms with van der Waals surface area (Å²) in [4.78, 5) is 35.4. The summed E-state index contributed by atoms with van der Waals surface area (Å²) in [5.74, 6) is -1.10. The molecular weight excluding hydrogens is 696 g/mol. The standard InChI is InChI=1S/C34H42F3N5O6S2/c1-32(2,3)23-9-7-22(8-10-23)19-38-29(43)27-20-40(30-39-26-15-16-41(21-28(26)49-30)31(44)48-33(4,5)6)17-18-42(27)50(45,46)25-13-11-24(12-14-25)47-34(35,36)37/h7-14,27H,15-21H2,1-6H3,(H,38,43). The third-order valence-corrected chi connectivity index (χ3v) is 11.3. The van der Waals surface area contributed by atoms with Gasteiger partial charge in [-0.05, 0) is 61.6 Å². The molecule has 272 valence electrons. The number of ether oxygens (including phenoxy) is 2. The van der Waals surface area contributed by atoms with Gasteiger partial charge in [-0.15, -0.1) is 13.2 Å². The zero-order chi connectivity index (χ0) is 36.6. The number of thiazole rings is 1. The smallest absolute Gasteiger partial charge is 0.444 e. The molecule has 2 aliphatic rings. The van der Waals surface area contributed by atoms with E-state index in [0.717, 1.165) is 50.3 Å². The average molecular weight is 738 g/mol. The van der Waals surface area contributed by atoms with Gasteiger partial charge >= 0.3 is 12.5 Å². The lowest BCUT2D eigenvalue weighted by Crippen LogP contribution is -2.60. The van der Waals surface area contributed by atoms with E-state index >= 15 is 0 Å². The summed E-state index contributed by atoms with van der Waals surface area (Å²) < 4.78 is 76.5. The number of carbonyl (C=O) groups is 2. The van der Waals surface area contributed by atoms with Crippen LogP contribution in [-0.2, 0) is 44.5 Å². The fraction of sp³-hybridized carbons (Fsp3) is 0.500. The number of alkyl halides is 3. The van der Waals surface area contributed by atoms with Crippen LogP contribution >= 0.6 is 11.3 Å². The molecule has 1 aromatic heterocycles. The van der Waals surface area contributed by atoms with E-state index in [0.29, 0.717) is 24.6 Å². The second kappa shape index (κ2) is 14.0. The maximum Gasteiger partial charge on any atom is 0.573 e. The number of sulfonamides is 1. The SMILES string of the molecule is CC(C)(C)OC(=O)N1CCc2nc(N3CCN(S(=O)(=O)c4ccc(OC(F)(F)F)cc4)C(C(=O)NCc4ccc(C(C)(C)C)cc4)C3)sc2C1. The van der Waals surface area contributed by atoms with Crippen molar-refractivity contribution in [1.82, 2.24) is 19.5 Å². The maximum absolute atomic E-state index is 13.9. The summed E-state index contributed by atoms with van der Waals surface area (Å²) in [6, 6.07) is 10.5. The summed E-state index contributed by atoms with van der Waals surface area (Å²) in [5, 5.41) is 3.48. The van der Waals surface area contributed by atoms with E-state index < -0.39 is 45.8 Å². The molecule has 3 aromatic rings. The molecule has 2 amide bonds. The predicted octanol–water partition coefficient (Wildman–Crippen LogP) is 5.83. The second-order valence-electron chi connectivity index (χ2n) is 14.3. The molecule has 50 heavy (non-hydrogen) atoms. The number of hydrogen-bond donors (Lipinski definition) is 1. The number of halogens is 3. The van der Waals surface area contributed by atoms with Crippen LogP contribution in [0.3, 0.4) is 0 Å². The lowest BCUT2D eigenvalue weighted by atomic mass is 9.87. The topological polar surface area (TPSA) is 121 Å². The van der Waals surface area contributed by atoms with Gasteiger partial charge in [0.1, 0.15) is 17.4 Å². The number of fused-ring (bicyclic) bond motifs is 1. The van der Waals surface area contributed by atoms with E-state index in [1.165, 1.54) is 11.3 Å². The number of nitrogens with zero attached hydrogens (tertiary/aromatic N) is 4. The van der Waals surface area contributed by atoms with Gasteiger partial charge in [0.15, 0.2) is 5.13 Å². The molecule has 1 atom stereocenters. The monoisotopic (exact) mass is 737 g/mol. The Kier molecular flexibility index (Phi) is 10.5. The van der Waals surface area contributed by atoms with Crippen LogP contribution in [0.15, 0.2) is 53.4 Å². The number of benzene rings is 2. The van der Waals surface area contributed by atoms with Gasteiger partial charge in [-0.2, -0.15) is 4.31 Å². The van der Waals surface area contributed by atoms with Crippen LogP contribution in [0.5, 0.6) is 5.75 Å². The summed E-state index contributed by atoms with van der Waals surface area (Å²) in [6.45, 7) is 12.7. The van der Waals surface area contributed by atoms with E-state index in [-0.39, 0.29) is 36.5 Å². The van der Waals surface area contributed by atoms with Gasteiger partial charge in [0.05, 0.1) is 17.1 Å². The van der Waals surface area contributed by atoms with E-state index in [1.807, 2.05) is 29.2 Å². The number of nitrogens with one attached hydrogen (secondary N) is 1. The Hall–Kier alpha value is -3.89. The summed E-state index contributed by atoms with van der Waals surface area (Å²) in [6.07, 6.45) is -4.83. The van der Waals surface area contributed by atoms with Gasteiger partial charge in [0, 0.05) is 44.0 Å². The molecule has 1 N–H and O–H groups in total. The van der Waals surface area contributed by atoms with E-state index in [1.54, 1.807) is 25.7 Å². The lowest BCUT2D eigenvalue weighted by molar-refractivity contribution is -0.274. The highest BCUT2D eigenvalue weighted by atomic mass is 32.2. The van der Waals surface area contributed by atoms with Crippen molar-refractivity contribution in [2.45, 2.75) is 89.4 Å². The molecule has 1 saturated heterocycles. The van der Waals surface area contributed by atoms with Gasteiger partial charge in [0.2, 0.25) is 15.9 Å². The van der Waals surface area contributed by atoms with Crippen LogP contribution in [0.1, 0.15) is 63.2 Å². The van der Waals surface area contributed by atoms with Crippen molar-refractivity contribution in [2.24, 2.45) is 0 Å². The van der Waals surface area contributed by atoms with Crippen molar-refractivity contribution in [1.29, 1.82) is 0 Å². The van der Waals surface area contributed by atoms with Crippen molar-refractivity contribution in [2.75, 3.05) is 31.1 Å². The number of aromatic nitrogens is 1. The fourth-order valence-corrected chi connectivity index (χ4v) is 8.35. The Bertz CT molecular complexity index is 1800. The average Bonchev–Trinajstić information content (AvgIpc) is 3.45. The number of hydrogen-bond acceptors (Lipinski definition) is 9. The molecule has 11 nitrogen and oxygen atoms in total. The van der Waals surface area contributed by atoms with Crippen molar-refractivity contribution >= 4 is 38.5 Å². The second-order valence-corrected chi connectivity index (χ2v) is 17.2. The Balaban J connectivity index is 1.37. The Labute approximate surface area is 294 Å². The van der Waals surface area contributed by atoms with Crippen LogP contribution in [0.4, 0.5) is 23.1 Å². The third kappa shape index (κ3) is 9.06. The molecule has 5 rings (SSSR count). The quantitative estimate of drug-likeness (QED) is 0.322. The van der Waals surface area contributed by atoms with E-state index in [4.69, 9.17) is 9.72 Å². The highest BCUT2D eigenvalue weighted by Gasteiger charge is 2.41. The number of anilines is 1. The number of piperazine rings is 1. The molecule has 0 aliphatic carbocycles. The minimum Gasteiger partial charge on any atom is -0.444 e. The Morgan fingerprint density at radius 1 is 0.960 bits per heavy atom. The molecule has 0 bridgehead atoms. The van der Waals surface area contributed by atoms with Gasteiger partial charge in [-0.3, -0.25) is 4.79 Å². The van der Waals surface area contributed by atoms with Crippen LogP contribution < -0.4 is 15.0 Å². The summed E-state index contributed by atoms with van der Waals surface area (Å²) in [5.41, 5.74) is 2.10. The van der Waals surface area contributed by atoms with Crippen molar-refractivity contribution in [3.8, 4) is 5.75 Å². The first-order valence-electron chi connectivity index (χ1n) is 16.2. The van der Waals surface area contributed by atoms with Crippen LogP contribution in [0.25, 0.3) is 0 Å². The van der Waals surface area contributed by atoms with Crippen molar-refractivity contribution in [3.05, 3.63) is 70.2 Å². The van der Waals surface area contributed by atoms with Crippen LogP contribution in [-0.4, -0.2) is 78.8 Å². The van der Waals surface area contributed by atoms with Gasteiger partial charge in [0.25, 0.3) is 0 Å². The molecule has 2 aliphatic heterocycles. The molecule has 0 saturated carbocycles. The maximum atomic E-state index is 13.9. The Morgan fingerprint density at radius 3 is 2.22 bits per heavy atom. The summed E-state index contributed by atoms with van der Waals surface area (Å²) >= 11 is 1.38. The normalized spacial score (nSPS) is 17.7. The first-order chi connectivity index (χ1) is 23.2. The minimum atomic E-state index is -4.93. The predicted molar refractivity (Wildman–Crippen MR) is 182 cm³/mol. The van der Waals surface area contributed by atoms with Gasteiger partial charge < -0.3 is 24.6 Å². The van der Waals surface area contributed by atoms with Crippen molar-refractivity contribution < 1.29 is 40.7 Å². The largest absolute Gasteiger partial charge is 0.573 e. The van der Waals surface area contributed by atoms with Crippen molar-refractivity contribution in [3.63, 3.8) is 0 Å².